The number of amides is 1. The van der Waals surface area contributed by atoms with E-state index < -0.39 is 6.09 Å². The summed E-state index contributed by atoms with van der Waals surface area (Å²) in [4.78, 5) is 13.0. The summed E-state index contributed by atoms with van der Waals surface area (Å²) < 4.78 is 4.92. The molecule has 1 heterocycles. The third-order valence-electron chi connectivity index (χ3n) is 2.41. The number of carbonyl (C=O) groups excluding carboxylic acids is 1. The molecule has 1 aliphatic heterocycles. The largest absolute Gasteiger partial charge is 0.447 e. The Morgan fingerprint density at radius 1 is 1.44 bits per heavy atom. The molecule has 0 bridgehead atoms. The van der Waals surface area contributed by atoms with E-state index in [2.05, 4.69) is 0 Å². The van der Waals surface area contributed by atoms with Gasteiger partial charge in [-0.25, -0.2) is 4.79 Å². The molecule has 0 spiro atoms. The van der Waals surface area contributed by atoms with Crippen molar-refractivity contribution >= 4 is 35.0 Å². The minimum absolute atomic E-state index is 0.148. The van der Waals surface area contributed by atoms with E-state index in [4.69, 9.17) is 33.7 Å². The third kappa shape index (κ3) is 1.96. The fraction of sp³-hybridized carbons (Fsp3) is 0.300. The van der Waals surface area contributed by atoms with Crippen molar-refractivity contribution in [2.75, 3.05) is 18.1 Å². The zero-order valence-corrected chi connectivity index (χ0v) is 9.83. The number of benzene rings is 1. The lowest BCUT2D eigenvalue weighted by Crippen LogP contribution is -2.38. The van der Waals surface area contributed by atoms with E-state index in [0.29, 0.717) is 28.9 Å². The van der Waals surface area contributed by atoms with E-state index in [1.807, 2.05) is 0 Å². The molecule has 0 aliphatic carbocycles. The van der Waals surface area contributed by atoms with Gasteiger partial charge in [-0.1, -0.05) is 23.2 Å². The van der Waals surface area contributed by atoms with Crippen LogP contribution in [-0.4, -0.2) is 25.3 Å². The molecule has 86 valence electrons. The van der Waals surface area contributed by atoms with Gasteiger partial charge in [0, 0.05) is 12.2 Å². The lowest BCUT2D eigenvalue weighted by molar-refractivity contribution is 0.179. The van der Waals surface area contributed by atoms with Gasteiger partial charge < -0.3 is 10.5 Å². The molecular formula is C10H10Cl2N2O2. The van der Waals surface area contributed by atoms with Crippen LogP contribution in [0.3, 0.4) is 0 Å². The highest BCUT2D eigenvalue weighted by atomic mass is 35.5. The van der Waals surface area contributed by atoms with E-state index >= 15 is 0 Å². The second kappa shape index (κ2) is 4.49. The van der Waals surface area contributed by atoms with Gasteiger partial charge in [0.1, 0.15) is 6.61 Å². The number of cyclic esters (lactones) is 1. The van der Waals surface area contributed by atoms with E-state index in [-0.39, 0.29) is 6.04 Å². The molecule has 2 N–H and O–H groups in total. The molecule has 1 saturated heterocycles. The first-order chi connectivity index (χ1) is 7.63. The molecule has 0 saturated carbocycles. The van der Waals surface area contributed by atoms with Gasteiger partial charge in [-0.2, -0.15) is 0 Å². The Morgan fingerprint density at radius 2 is 2.19 bits per heavy atom. The summed E-state index contributed by atoms with van der Waals surface area (Å²) in [5, 5.41) is 0.844. The molecule has 2 rings (SSSR count). The van der Waals surface area contributed by atoms with Crippen LogP contribution in [0.25, 0.3) is 0 Å². The highest BCUT2D eigenvalue weighted by molar-refractivity contribution is 6.42. The van der Waals surface area contributed by atoms with Gasteiger partial charge in [0.05, 0.1) is 16.1 Å². The van der Waals surface area contributed by atoms with Crippen LogP contribution in [0.4, 0.5) is 10.5 Å². The summed E-state index contributed by atoms with van der Waals surface area (Å²) in [7, 11) is 0. The summed E-state index contributed by atoms with van der Waals surface area (Å²) >= 11 is 11.7. The summed E-state index contributed by atoms with van der Waals surface area (Å²) in [6, 6.07) is 4.82. The first-order valence-electron chi connectivity index (χ1n) is 4.74. The molecular weight excluding hydrogens is 251 g/mol. The van der Waals surface area contributed by atoms with Crippen LogP contribution in [0, 0.1) is 0 Å². The van der Waals surface area contributed by atoms with Crippen molar-refractivity contribution in [1.29, 1.82) is 0 Å². The van der Waals surface area contributed by atoms with Crippen LogP contribution in [0.5, 0.6) is 0 Å². The maximum absolute atomic E-state index is 11.5. The Bertz CT molecular complexity index is 425. The van der Waals surface area contributed by atoms with Crippen LogP contribution >= 0.6 is 23.2 Å². The van der Waals surface area contributed by atoms with E-state index in [0.717, 1.165) is 0 Å². The van der Waals surface area contributed by atoms with Crippen molar-refractivity contribution in [3.63, 3.8) is 0 Å². The number of rotatable bonds is 2. The summed E-state index contributed by atoms with van der Waals surface area (Å²) in [5.41, 5.74) is 6.20. The second-order valence-electron chi connectivity index (χ2n) is 3.43. The molecule has 1 atom stereocenters. The predicted molar refractivity (Wildman–Crippen MR) is 63.1 cm³/mol. The number of anilines is 1. The molecule has 0 radical (unpaired) electrons. The Labute approximate surface area is 103 Å². The van der Waals surface area contributed by atoms with Crippen LogP contribution < -0.4 is 10.6 Å². The minimum atomic E-state index is -0.408. The number of nitrogens with zero attached hydrogens (tertiary/aromatic N) is 1. The molecule has 1 unspecified atom stereocenters. The van der Waals surface area contributed by atoms with Crippen molar-refractivity contribution in [2.45, 2.75) is 6.04 Å². The summed E-state index contributed by atoms with van der Waals surface area (Å²) in [6.45, 7) is 0.640. The van der Waals surface area contributed by atoms with Gasteiger partial charge in [-0.15, -0.1) is 0 Å². The fourth-order valence-corrected chi connectivity index (χ4v) is 1.88. The van der Waals surface area contributed by atoms with Crippen molar-refractivity contribution in [1.82, 2.24) is 0 Å². The number of nitrogens with two attached hydrogens (primary N) is 1. The number of carbonyl (C=O) groups is 1. The average Bonchev–Trinajstić information content (AvgIpc) is 2.64. The lowest BCUT2D eigenvalue weighted by Gasteiger charge is -2.20. The van der Waals surface area contributed by atoms with Gasteiger partial charge in [-0.05, 0) is 18.2 Å². The maximum atomic E-state index is 11.5. The highest BCUT2D eigenvalue weighted by Crippen LogP contribution is 2.30. The smallest absolute Gasteiger partial charge is 0.414 e. The highest BCUT2D eigenvalue weighted by Gasteiger charge is 2.33. The SMILES string of the molecule is NCC1COC(=O)N1c1ccc(Cl)c(Cl)c1. The van der Waals surface area contributed by atoms with Crippen LogP contribution in [0.2, 0.25) is 10.0 Å². The molecule has 1 aromatic carbocycles. The molecule has 16 heavy (non-hydrogen) atoms. The fourth-order valence-electron chi connectivity index (χ4n) is 1.59. The molecule has 1 aromatic rings. The molecule has 1 amide bonds. The van der Waals surface area contributed by atoms with Gasteiger partial charge in [0.2, 0.25) is 0 Å². The van der Waals surface area contributed by atoms with Gasteiger partial charge in [-0.3, -0.25) is 4.90 Å². The predicted octanol–water partition coefficient (Wildman–Crippen LogP) is 2.28. The summed E-state index contributed by atoms with van der Waals surface area (Å²) in [6.07, 6.45) is -0.408. The van der Waals surface area contributed by atoms with Crippen LogP contribution in [0.15, 0.2) is 18.2 Å². The van der Waals surface area contributed by atoms with Gasteiger partial charge >= 0.3 is 6.09 Å². The second-order valence-corrected chi connectivity index (χ2v) is 4.25. The Hall–Kier alpha value is -0.970. The Kier molecular flexibility index (Phi) is 3.23. The summed E-state index contributed by atoms with van der Waals surface area (Å²) in [5.74, 6) is 0. The average molecular weight is 261 g/mol. The molecule has 6 heteroatoms. The molecule has 1 aliphatic rings. The number of ether oxygens (including phenoxy) is 1. The zero-order chi connectivity index (χ0) is 11.7. The van der Waals surface area contributed by atoms with Crippen molar-refractivity contribution in [3.05, 3.63) is 28.2 Å². The number of halogens is 2. The van der Waals surface area contributed by atoms with Crippen LogP contribution in [-0.2, 0) is 4.74 Å². The normalized spacial score (nSPS) is 20.1. The first-order valence-corrected chi connectivity index (χ1v) is 5.50. The minimum Gasteiger partial charge on any atom is -0.447 e. The number of hydrogen-bond donors (Lipinski definition) is 1. The lowest BCUT2D eigenvalue weighted by atomic mass is 10.2. The van der Waals surface area contributed by atoms with Gasteiger partial charge in [0.15, 0.2) is 0 Å². The number of hydrogen-bond acceptors (Lipinski definition) is 3. The Balaban J connectivity index is 2.35. The standard InChI is InChI=1S/C10H10Cl2N2O2/c11-8-2-1-6(3-9(8)12)14-7(4-13)5-16-10(14)15/h1-3,7H,4-5,13H2. The zero-order valence-electron chi connectivity index (χ0n) is 8.32. The molecule has 0 aromatic heterocycles. The van der Waals surface area contributed by atoms with Gasteiger partial charge in [0.25, 0.3) is 0 Å². The van der Waals surface area contributed by atoms with E-state index in [1.165, 1.54) is 4.90 Å². The van der Waals surface area contributed by atoms with E-state index in [1.54, 1.807) is 18.2 Å². The maximum Gasteiger partial charge on any atom is 0.414 e. The third-order valence-corrected chi connectivity index (χ3v) is 3.15. The molecule has 1 fully saturated rings. The first kappa shape index (κ1) is 11.5. The van der Waals surface area contributed by atoms with Crippen molar-refractivity contribution in [2.24, 2.45) is 5.73 Å². The Morgan fingerprint density at radius 3 is 2.81 bits per heavy atom. The monoisotopic (exact) mass is 260 g/mol. The van der Waals surface area contributed by atoms with E-state index in [9.17, 15) is 4.79 Å². The van der Waals surface area contributed by atoms with Crippen molar-refractivity contribution < 1.29 is 9.53 Å². The van der Waals surface area contributed by atoms with Crippen LogP contribution in [0.1, 0.15) is 0 Å². The molecule has 4 nitrogen and oxygen atoms in total. The quantitative estimate of drug-likeness (QED) is 0.888. The topological polar surface area (TPSA) is 55.6 Å². The van der Waals surface area contributed by atoms with Crippen molar-refractivity contribution in [3.8, 4) is 0 Å².